The predicted molar refractivity (Wildman–Crippen MR) is 64.9 cm³/mol. The van der Waals surface area contributed by atoms with E-state index in [1.165, 1.54) is 0 Å². The zero-order chi connectivity index (χ0) is 12.3. The number of nitrogens with two attached hydrogens (primary N) is 1. The van der Waals surface area contributed by atoms with E-state index < -0.39 is 0 Å². The highest BCUT2D eigenvalue weighted by Gasteiger charge is 2.17. The lowest BCUT2D eigenvalue weighted by molar-refractivity contribution is 0.586. The van der Waals surface area contributed by atoms with Crippen molar-refractivity contribution in [3.63, 3.8) is 0 Å². The SMILES string of the molecule is CCCn1cc(C(NN)c2cncn2C)cn1. The van der Waals surface area contributed by atoms with E-state index >= 15 is 0 Å². The third-order valence-electron chi connectivity index (χ3n) is 2.76. The van der Waals surface area contributed by atoms with Gasteiger partial charge in [0.15, 0.2) is 0 Å². The van der Waals surface area contributed by atoms with Gasteiger partial charge in [0.05, 0.1) is 30.5 Å². The topological polar surface area (TPSA) is 73.7 Å². The number of hydrazine groups is 1. The third-order valence-corrected chi connectivity index (χ3v) is 2.76. The fraction of sp³-hybridized carbons (Fsp3) is 0.455. The van der Waals surface area contributed by atoms with Gasteiger partial charge in [-0.2, -0.15) is 5.10 Å². The van der Waals surface area contributed by atoms with Crippen molar-refractivity contribution in [3.05, 3.63) is 36.2 Å². The minimum atomic E-state index is -0.0758. The minimum absolute atomic E-state index is 0.0758. The number of aromatic nitrogens is 4. The average Bonchev–Trinajstić information content (AvgIpc) is 2.92. The summed E-state index contributed by atoms with van der Waals surface area (Å²) in [5.74, 6) is 5.62. The number of hydrogen-bond acceptors (Lipinski definition) is 4. The summed E-state index contributed by atoms with van der Waals surface area (Å²) in [6, 6.07) is -0.0758. The van der Waals surface area contributed by atoms with Crippen molar-refractivity contribution in [2.45, 2.75) is 25.9 Å². The molecule has 17 heavy (non-hydrogen) atoms. The minimum Gasteiger partial charge on any atom is -0.336 e. The highest BCUT2D eigenvalue weighted by Crippen LogP contribution is 2.19. The molecule has 2 rings (SSSR count). The number of nitrogens with zero attached hydrogens (tertiary/aromatic N) is 4. The molecule has 3 N–H and O–H groups in total. The molecule has 6 nitrogen and oxygen atoms in total. The Bertz CT molecular complexity index is 472. The Balaban J connectivity index is 2.26. The van der Waals surface area contributed by atoms with Gasteiger partial charge in [-0.3, -0.25) is 10.5 Å². The van der Waals surface area contributed by atoms with Crippen LogP contribution in [0.15, 0.2) is 24.9 Å². The molecule has 0 amide bonds. The molecule has 0 aromatic carbocycles. The van der Waals surface area contributed by atoms with Gasteiger partial charge in [0.1, 0.15) is 0 Å². The molecule has 2 aromatic heterocycles. The number of aryl methyl sites for hydroxylation is 2. The van der Waals surface area contributed by atoms with E-state index in [-0.39, 0.29) is 6.04 Å². The molecular formula is C11H18N6. The van der Waals surface area contributed by atoms with Crippen molar-refractivity contribution in [1.82, 2.24) is 24.8 Å². The lowest BCUT2D eigenvalue weighted by Gasteiger charge is -2.14. The molecule has 0 fully saturated rings. The van der Waals surface area contributed by atoms with Gasteiger partial charge in [0.2, 0.25) is 0 Å². The van der Waals surface area contributed by atoms with Crippen LogP contribution < -0.4 is 11.3 Å². The Labute approximate surface area is 100 Å². The fourth-order valence-corrected chi connectivity index (χ4v) is 1.88. The molecular weight excluding hydrogens is 216 g/mol. The maximum Gasteiger partial charge on any atom is 0.0946 e. The van der Waals surface area contributed by atoms with Gasteiger partial charge in [-0.15, -0.1) is 0 Å². The second-order valence-corrected chi connectivity index (χ2v) is 4.07. The predicted octanol–water partition coefficient (Wildman–Crippen LogP) is 0.579. The smallest absolute Gasteiger partial charge is 0.0946 e. The maximum absolute atomic E-state index is 5.62. The first-order chi connectivity index (χ1) is 8.26. The van der Waals surface area contributed by atoms with Gasteiger partial charge < -0.3 is 4.57 Å². The first-order valence-electron chi connectivity index (χ1n) is 5.71. The average molecular weight is 234 g/mol. The van der Waals surface area contributed by atoms with Crippen LogP contribution in [0.3, 0.4) is 0 Å². The van der Waals surface area contributed by atoms with E-state index in [9.17, 15) is 0 Å². The molecule has 1 unspecified atom stereocenters. The molecule has 0 bridgehead atoms. The molecule has 0 radical (unpaired) electrons. The Morgan fingerprint density at radius 2 is 2.29 bits per heavy atom. The normalized spacial score (nSPS) is 12.9. The lowest BCUT2D eigenvalue weighted by atomic mass is 10.1. The number of hydrogen-bond donors (Lipinski definition) is 2. The standard InChI is InChI=1S/C11H18N6/c1-3-4-17-7-9(5-14-17)11(15-12)10-6-13-8-16(10)2/h5-8,11,15H,3-4,12H2,1-2H3. The van der Waals surface area contributed by atoms with Crippen molar-refractivity contribution in [3.8, 4) is 0 Å². The molecule has 0 aliphatic carbocycles. The van der Waals surface area contributed by atoms with Gasteiger partial charge in [-0.25, -0.2) is 10.4 Å². The first-order valence-corrected chi connectivity index (χ1v) is 5.71. The van der Waals surface area contributed by atoms with Crippen LogP contribution in [0.25, 0.3) is 0 Å². The van der Waals surface area contributed by atoms with Gasteiger partial charge in [-0.1, -0.05) is 6.92 Å². The first kappa shape index (κ1) is 11.8. The lowest BCUT2D eigenvalue weighted by Crippen LogP contribution is -2.29. The number of nitrogens with one attached hydrogen (secondary N) is 1. The van der Waals surface area contributed by atoms with Gasteiger partial charge in [-0.05, 0) is 6.42 Å². The van der Waals surface area contributed by atoms with Crippen LogP contribution >= 0.6 is 0 Å². The van der Waals surface area contributed by atoms with Crippen molar-refractivity contribution >= 4 is 0 Å². The van der Waals surface area contributed by atoms with Gasteiger partial charge >= 0.3 is 0 Å². The number of rotatable bonds is 5. The van der Waals surface area contributed by atoms with Crippen LogP contribution in [0.1, 0.15) is 30.6 Å². The summed E-state index contributed by atoms with van der Waals surface area (Å²) in [4.78, 5) is 4.10. The second-order valence-electron chi connectivity index (χ2n) is 4.07. The molecule has 2 aromatic rings. The quantitative estimate of drug-likeness (QED) is 0.586. The van der Waals surface area contributed by atoms with Crippen LogP contribution in [0.5, 0.6) is 0 Å². The van der Waals surface area contributed by atoms with Crippen molar-refractivity contribution < 1.29 is 0 Å². The molecule has 0 spiro atoms. The highest BCUT2D eigenvalue weighted by molar-refractivity contribution is 5.22. The molecule has 0 aliphatic rings. The van der Waals surface area contributed by atoms with Crippen molar-refractivity contribution in [1.29, 1.82) is 0 Å². The van der Waals surface area contributed by atoms with Crippen LogP contribution in [0.2, 0.25) is 0 Å². The van der Waals surface area contributed by atoms with Gasteiger partial charge in [0, 0.05) is 25.4 Å². The summed E-state index contributed by atoms with van der Waals surface area (Å²) < 4.78 is 3.87. The van der Waals surface area contributed by atoms with E-state index in [2.05, 4.69) is 22.4 Å². The highest BCUT2D eigenvalue weighted by atomic mass is 15.3. The molecule has 0 aliphatic heterocycles. The zero-order valence-corrected chi connectivity index (χ0v) is 10.2. The molecule has 0 saturated heterocycles. The van der Waals surface area contributed by atoms with Crippen molar-refractivity contribution in [2.24, 2.45) is 12.9 Å². The Kier molecular flexibility index (Phi) is 3.55. The van der Waals surface area contributed by atoms with Gasteiger partial charge in [0.25, 0.3) is 0 Å². The summed E-state index contributed by atoms with van der Waals surface area (Å²) >= 11 is 0. The Hall–Kier alpha value is -1.66. The Morgan fingerprint density at radius 1 is 1.47 bits per heavy atom. The summed E-state index contributed by atoms with van der Waals surface area (Å²) in [5.41, 5.74) is 4.87. The summed E-state index contributed by atoms with van der Waals surface area (Å²) in [7, 11) is 1.95. The van der Waals surface area contributed by atoms with E-state index in [1.807, 2.05) is 34.9 Å². The second kappa shape index (κ2) is 5.11. The Morgan fingerprint density at radius 3 is 2.88 bits per heavy atom. The fourth-order valence-electron chi connectivity index (χ4n) is 1.88. The van der Waals surface area contributed by atoms with Crippen LogP contribution in [0, 0.1) is 0 Å². The van der Waals surface area contributed by atoms with Crippen LogP contribution in [0.4, 0.5) is 0 Å². The molecule has 2 heterocycles. The molecule has 6 heteroatoms. The summed E-state index contributed by atoms with van der Waals surface area (Å²) in [6.07, 6.45) is 8.49. The monoisotopic (exact) mass is 234 g/mol. The zero-order valence-electron chi connectivity index (χ0n) is 10.2. The molecule has 0 saturated carbocycles. The third kappa shape index (κ3) is 2.37. The van der Waals surface area contributed by atoms with Crippen LogP contribution in [-0.4, -0.2) is 19.3 Å². The largest absolute Gasteiger partial charge is 0.336 e. The van der Waals surface area contributed by atoms with E-state index in [0.29, 0.717) is 0 Å². The maximum atomic E-state index is 5.62. The molecule has 92 valence electrons. The summed E-state index contributed by atoms with van der Waals surface area (Å²) in [5, 5.41) is 4.31. The van der Waals surface area contributed by atoms with Crippen LogP contribution in [-0.2, 0) is 13.6 Å². The van der Waals surface area contributed by atoms with E-state index in [1.54, 1.807) is 6.33 Å². The van der Waals surface area contributed by atoms with E-state index in [0.717, 1.165) is 24.2 Å². The number of imidazole rings is 1. The molecule has 1 atom stereocenters. The van der Waals surface area contributed by atoms with Crippen molar-refractivity contribution in [2.75, 3.05) is 0 Å². The summed E-state index contributed by atoms with van der Waals surface area (Å²) in [6.45, 7) is 3.05. The van der Waals surface area contributed by atoms with E-state index in [4.69, 9.17) is 5.84 Å².